The monoisotopic (exact) mass is 1110 g/mol. The molecule has 27 atom stereocenters. The van der Waals surface area contributed by atoms with Gasteiger partial charge >= 0.3 is 7.82 Å². The first kappa shape index (κ1) is 62.4. The number of aliphatic hydroxyl groups excluding tert-OH is 15. The molecule has 0 radical (unpaired) electrons. The van der Waals surface area contributed by atoms with Gasteiger partial charge in [0.05, 0.1) is 46.2 Å². The molecule has 5 aliphatic heterocycles. The lowest BCUT2D eigenvalue weighted by atomic mass is 9.93. The van der Waals surface area contributed by atoms with Crippen molar-refractivity contribution in [2.75, 3.05) is 46.2 Å². The largest absolute Gasteiger partial charge is 0.472 e. The maximum Gasteiger partial charge on any atom is 0.472 e. The second kappa shape index (κ2) is 27.4. The first-order chi connectivity index (χ1) is 34.8. The molecule has 0 aromatic carbocycles. The van der Waals surface area contributed by atoms with E-state index in [1.54, 1.807) is 0 Å². The van der Waals surface area contributed by atoms with Crippen LogP contribution in [0.5, 0.6) is 0 Å². The van der Waals surface area contributed by atoms with Gasteiger partial charge in [-0.05, 0) is 0 Å². The van der Waals surface area contributed by atoms with Gasteiger partial charge in [-0.2, -0.15) is 0 Å². The van der Waals surface area contributed by atoms with E-state index in [1.807, 2.05) is 0 Å². The van der Waals surface area contributed by atoms with Crippen molar-refractivity contribution in [2.24, 2.45) is 0 Å². The van der Waals surface area contributed by atoms with Crippen LogP contribution in [0.25, 0.3) is 0 Å². The fourth-order valence-electron chi connectivity index (χ4n) is 8.66. The normalized spacial score (nSPS) is 44.2. The van der Waals surface area contributed by atoms with E-state index in [4.69, 9.17) is 51.7 Å². The zero-order valence-electron chi connectivity index (χ0n) is 39.7. The van der Waals surface area contributed by atoms with Crippen LogP contribution in [0, 0.1) is 0 Å². The molecule has 0 aliphatic carbocycles. The fraction of sp³-hybridized carbons (Fsp3) is 0.923. The van der Waals surface area contributed by atoms with E-state index in [0.29, 0.717) is 0 Å². The quantitative estimate of drug-likeness (QED) is 0.0448. The van der Waals surface area contributed by atoms with Crippen LogP contribution in [-0.4, -0.2) is 305 Å². The van der Waals surface area contributed by atoms with Crippen LogP contribution in [0.4, 0.5) is 0 Å². The highest BCUT2D eigenvalue weighted by molar-refractivity contribution is 7.47. The maximum atomic E-state index is 13.7. The van der Waals surface area contributed by atoms with Crippen LogP contribution in [0.1, 0.15) is 20.8 Å². The highest BCUT2D eigenvalue weighted by atomic mass is 31.2. The highest BCUT2D eigenvalue weighted by Gasteiger charge is 2.58. The minimum Gasteiger partial charge on any atom is -0.394 e. The van der Waals surface area contributed by atoms with Crippen molar-refractivity contribution in [3.8, 4) is 0 Å². The molecule has 0 bridgehead atoms. The molecule has 0 aromatic rings. The van der Waals surface area contributed by atoms with Crippen LogP contribution >= 0.6 is 7.82 Å². The SMILES string of the molecule is CC(=O)N[C@@H]1[C@@H](O[C@@H]2O[C@H](CO[C@H]3O[C@H](CO)[C@H](O)[C@H](O)[C@H]3O)[C@@H](O[C@@H]3O[C@H](CO)[C@H](O[C@@H]4O[C@H](CO)[C@H](O)[C@H](O)[C@H]4NC(C)=O)[C@H](OP(=O)(O)OC[C@H](O)CO)[C@H]3NC(C)=O)[C@H](O)[C@H]2O)[C@@H](O)[C@@H](CO)O[C@H]1O. The van der Waals surface area contributed by atoms with E-state index < -0.39 is 231 Å². The fourth-order valence-corrected chi connectivity index (χ4v) is 9.64. The van der Waals surface area contributed by atoms with Crippen molar-refractivity contribution in [2.45, 2.75) is 180 Å². The summed E-state index contributed by atoms with van der Waals surface area (Å²) in [6.07, 6.45) is -45.2. The molecule has 5 saturated heterocycles. The Bertz CT molecular complexity index is 1850. The molecular weight excluding hydrogens is 1040 g/mol. The molecule has 5 heterocycles. The summed E-state index contributed by atoms with van der Waals surface area (Å²) in [5.41, 5.74) is 0. The van der Waals surface area contributed by atoms with Crippen LogP contribution in [-0.2, 0) is 70.6 Å². The molecule has 5 aliphatic rings. The summed E-state index contributed by atoms with van der Waals surface area (Å²) in [4.78, 5) is 48.5. The second-order valence-corrected chi connectivity index (χ2v) is 19.3. The van der Waals surface area contributed by atoms with Gasteiger partial charge in [0, 0.05) is 20.8 Å². The maximum absolute atomic E-state index is 13.7. The van der Waals surface area contributed by atoms with Crippen molar-refractivity contribution < 1.29 is 152 Å². The third-order valence-corrected chi connectivity index (χ3v) is 13.4. The number of phosphoric ester groups is 1. The zero-order valence-corrected chi connectivity index (χ0v) is 40.6. The number of nitrogens with one attached hydrogen (secondary N) is 3. The lowest BCUT2D eigenvalue weighted by Crippen LogP contribution is -2.71. The Hall–Kier alpha value is -2.44. The Kier molecular flexibility index (Phi) is 23.1. The van der Waals surface area contributed by atoms with Crippen LogP contribution in [0.15, 0.2) is 0 Å². The van der Waals surface area contributed by atoms with E-state index in [0.717, 1.165) is 20.8 Å². The number of ether oxygens (including phenoxy) is 9. The molecule has 0 aromatic heterocycles. The number of carbonyl (C=O) groups is 3. The minimum absolute atomic E-state index is 0.793. The van der Waals surface area contributed by atoms with Crippen molar-refractivity contribution in [1.82, 2.24) is 16.0 Å². The third kappa shape index (κ3) is 15.0. The predicted octanol–water partition coefficient (Wildman–Crippen LogP) is -12.0. The molecule has 34 nitrogen and oxygen atoms in total. The van der Waals surface area contributed by atoms with Gasteiger partial charge in [0.25, 0.3) is 0 Å². The minimum atomic E-state index is -5.59. The van der Waals surface area contributed by atoms with Crippen molar-refractivity contribution in [3.05, 3.63) is 0 Å². The predicted molar refractivity (Wildman–Crippen MR) is 229 cm³/mol. The molecular formula is C39H68N3O31P. The molecule has 430 valence electrons. The van der Waals surface area contributed by atoms with Gasteiger partial charge in [-0.3, -0.25) is 23.4 Å². The standard InChI is InChI=1S/C39H68N3O31P/c1-11(48)40-20-26(55)23(52)15(5-44)66-36(20)71-32-18(8-47)68-37(22(42-13(3)50)34(32)73-74(61,62)64-9-14(51)4-43)70-31-19(10-63-38-29(58)27(56)24(53)16(6-45)67-38)69-39(30(59)28(31)57)72-33-21(41-12(2)49)35(60)65-17(7-46)25(33)54/h14-39,43-47,51-60H,4-10H2,1-3H3,(H,40,48)(H,41,49)(H,42,50)(H,61,62)/t14-,15-,16-,17-,18-,19-,20-,21-,22-,23+,24+,25+,26-,27+,28-,29-,30-,31-,32+,33-,34-,35-,36+,37+,38+,39+/m1/s1. The zero-order chi connectivity index (χ0) is 55.1. The van der Waals surface area contributed by atoms with Crippen LogP contribution in [0.2, 0.25) is 0 Å². The molecule has 0 spiro atoms. The van der Waals surface area contributed by atoms with Gasteiger partial charge in [0.2, 0.25) is 17.7 Å². The number of hydrogen-bond donors (Lipinski definition) is 19. The van der Waals surface area contributed by atoms with Gasteiger partial charge in [-0.15, -0.1) is 0 Å². The Morgan fingerprint density at radius 1 is 0.500 bits per heavy atom. The summed E-state index contributed by atoms with van der Waals surface area (Å²) in [5, 5.41) is 165. The van der Waals surface area contributed by atoms with Crippen molar-refractivity contribution in [3.63, 3.8) is 0 Å². The van der Waals surface area contributed by atoms with E-state index in [2.05, 4.69) is 16.0 Å². The smallest absolute Gasteiger partial charge is 0.394 e. The van der Waals surface area contributed by atoms with Gasteiger partial charge < -0.3 is 140 Å². The van der Waals surface area contributed by atoms with E-state index in [9.17, 15) is 100 Å². The van der Waals surface area contributed by atoms with E-state index in [-0.39, 0.29) is 0 Å². The van der Waals surface area contributed by atoms with E-state index in [1.165, 1.54) is 0 Å². The molecule has 5 fully saturated rings. The average molecular weight is 1110 g/mol. The lowest BCUT2D eigenvalue weighted by Gasteiger charge is -2.51. The number of rotatable bonds is 22. The Morgan fingerprint density at radius 3 is 1.53 bits per heavy atom. The summed E-state index contributed by atoms with van der Waals surface area (Å²) in [5.74, 6) is -2.62. The number of aliphatic hydroxyl groups is 15. The Labute approximate surface area is 419 Å². The number of carbonyl (C=O) groups excluding carboxylic acids is 3. The van der Waals surface area contributed by atoms with Crippen molar-refractivity contribution >= 4 is 25.5 Å². The number of phosphoric acid groups is 1. The molecule has 5 rings (SSSR count). The molecule has 35 heteroatoms. The Morgan fingerprint density at radius 2 is 0.959 bits per heavy atom. The second-order valence-electron chi connectivity index (χ2n) is 17.9. The first-order valence-corrected chi connectivity index (χ1v) is 24.5. The summed E-state index contributed by atoms with van der Waals surface area (Å²) < 4.78 is 76.2. The third-order valence-electron chi connectivity index (χ3n) is 12.4. The first-order valence-electron chi connectivity index (χ1n) is 23.0. The van der Waals surface area contributed by atoms with E-state index >= 15 is 0 Å². The number of hydrogen-bond acceptors (Lipinski definition) is 30. The van der Waals surface area contributed by atoms with Gasteiger partial charge in [0.1, 0.15) is 128 Å². The number of amides is 3. The lowest BCUT2D eigenvalue weighted by molar-refractivity contribution is -0.376. The molecule has 3 amide bonds. The van der Waals surface area contributed by atoms with Crippen LogP contribution in [0.3, 0.4) is 0 Å². The summed E-state index contributed by atoms with van der Waals surface area (Å²) >= 11 is 0. The van der Waals surface area contributed by atoms with Crippen LogP contribution < -0.4 is 16.0 Å². The Balaban J connectivity index is 1.57. The molecule has 1 unspecified atom stereocenters. The average Bonchev–Trinajstić information content (AvgIpc) is 3.34. The van der Waals surface area contributed by atoms with Gasteiger partial charge in [0.15, 0.2) is 31.5 Å². The highest BCUT2D eigenvalue weighted by Crippen LogP contribution is 2.48. The topological polar surface area (TPSA) is 530 Å². The summed E-state index contributed by atoms with van der Waals surface area (Å²) in [7, 11) is -5.59. The summed E-state index contributed by atoms with van der Waals surface area (Å²) in [6, 6.07) is -5.43. The molecule has 19 N–H and O–H groups in total. The molecule has 0 saturated carbocycles. The summed E-state index contributed by atoms with van der Waals surface area (Å²) in [6.45, 7) is -4.10. The van der Waals surface area contributed by atoms with Gasteiger partial charge in [-0.1, -0.05) is 0 Å². The van der Waals surface area contributed by atoms with Gasteiger partial charge in [-0.25, -0.2) is 4.57 Å². The van der Waals surface area contributed by atoms with Crippen molar-refractivity contribution in [1.29, 1.82) is 0 Å². The molecule has 74 heavy (non-hydrogen) atoms.